The Balaban J connectivity index is 2.71. The fourth-order valence-electron chi connectivity index (χ4n) is 1.96. The standard InChI is InChI=1S/C14H11Cl2NO4/c1-2-21-14(20)13-8(3-4-11(18)19)12-9(16)5-7(15)6-10(12)17-13/h3-6,17H,2H2,1H3,(H,18,19)/b4-3-. The highest BCUT2D eigenvalue weighted by Gasteiger charge is 2.19. The molecule has 2 aromatic rings. The minimum atomic E-state index is -1.13. The van der Waals surface area contributed by atoms with Crippen LogP contribution in [-0.4, -0.2) is 28.6 Å². The molecule has 1 aromatic carbocycles. The molecule has 7 heteroatoms. The summed E-state index contributed by atoms with van der Waals surface area (Å²) in [5.41, 5.74) is 1.02. The highest BCUT2D eigenvalue weighted by atomic mass is 35.5. The van der Waals surface area contributed by atoms with Gasteiger partial charge in [0.25, 0.3) is 0 Å². The Bertz CT molecular complexity index is 749. The van der Waals surface area contributed by atoms with Crippen molar-refractivity contribution in [1.82, 2.24) is 4.98 Å². The predicted octanol–water partition coefficient (Wildman–Crippen LogP) is 3.75. The van der Waals surface area contributed by atoms with E-state index in [9.17, 15) is 9.59 Å². The summed E-state index contributed by atoms with van der Waals surface area (Å²) < 4.78 is 4.95. The molecule has 1 aromatic heterocycles. The number of carbonyl (C=O) groups excluding carboxylic acids is 1. The molecular weight excluding hydrogens is 317 g/mol. The number of aliphatic carboxylic acids is 1. The molecule has 0 amide bonds. The number of carboxylic acids is 1. The molecule has 21 heavy (non-hydrogen) atoms. The van der Waals surface area contributed by atoms with Gasteiger partial charge in [-0.1, -0.05) is 23.2 Å². The van der Waals surface area contributed by atoms with Gasteiger partial charge in [0.15, 0.2) is 0 Å². The number of esters is 1. The van der Waals surface area contributed by atoms with Gasteiger partial charge in [0.1, 0.15) is 5.69 Å². The van der Waals surface area contributed by atoms with Crippen LogP contribution in [0.25, 0.3) is 17.0 Å². The second-order valence-corrected chi connectivity index (χ2v) is 4.96. The summed E-state index contributed by atoms with van der Waals surface area (Å²) in [7, 11) is 0. The van der Waals surface area contributed by atoms with Crippen LogP contribution in [0.2, 0.25) is 10.0 Å². The van der Waals surface area contributed by atoms with Crippen molar-refractivity contribution < 1.29 is 19.4 Å². The predicted molar refractivity (Wildman–Crippen MR) is 80.9 cm³/mol. The molecule has 0 spiro atoms. The smallest absolute Gasteiger partial charge is 0.355 e. The molecule has 1 heterocycles. The van der Waals surface area contributed by atoms with E-state index in [1.807, 2.05) is 0 Å². The van der Waals surface area contributed by atoms with E-state index in [1.165, 1.54) is 12.1 Å². The van der Waals surface area contributed by atoms with Crippen LogP contribution in [0.5, 0.6) is 0 Å². The van der Waals surface area contributed by atoms with Gasteiger partial charge in [-0.3, -0.25) is 0 Å². The van der Waals surface area contributed by atoms with Gasteiger partial charge >= 0.3 is 11.9 Å². The molecule has 0 aliphatic heterocycles. The zero-order valence-electron chi connectivity index (χ0n) is 10.9. The van der Waals surface area contributed by atoms with Crippen LogP contribution in [0.1, 0.15) is 23.0 Å². The van der Waals surface area contributed by atoms with E-state index < -0.39 is 11.9 Å². The molecule has 110 valence electrons. The monoisotopic (exact) mass is 327 g/mol. The average molecular weight is 328 g/mol. The lowest BCUT2D eigenvalue weighted by atomic mass is 10.1. The number of carboxylic acid groups (broad SMARTS) is 1. The van der Waals surface area contributed by atoms with Crippen molar-refractivity contribution in [3.63, 3.8) is 0 Å². The molecule has 0 saturated carbocycles. The van der Waals surface area contributed by atoms with E-state index in [0.29, 0.717) is 26.5 Å². The maximum absolute atomic E-state index is 12.0. The highest BCUT2D eigenvalue weighted by Crippen LogP contribution is 2.33. The van der Waals surface area contributed by atoms with Gasteiger partial charge in [-0.15, -0.1) is 0 Å². The van der Waals surface area contributed by atoms with Gasteiger partial charge in [0.2, 0.25) is 0 Å². The van der Waals surface area contributed by atoms with Crippen LogP contribution in [-0.2, 0) is 9.53 Å². The van der Waals surface area contributed by atoms with Gasteiger partial charge in [-0.25, -0.2) is 9.59 Å². The Hall–Kier alpha value is -1.98. The van der Waals surface area contributed by atoms with Crippen LogP contribution in [0.3, 0.4) is 0 Å². The van der Waals surface area contributed by atoms with Gasteiger partial charge < -0.3 is 14.8 Å². The first kappa shape index (κ1) is 15.4. The summed E-state index contributed by atoms with van der Waals surface area (Å²) in [4.78, 5) is 25.5. The zero-order valence-corrected chi connectivity index (χ0v) is 12.5. The number of rotatable bonds is 4. The minimum absolute atomic E-state index is 0.133. The van der Waals surface area contributed by atoms with Crippen LogP contribution < -0.4 is 0 Å². The number of carbonyl (C=O) groups is 2. The number of aromatic amines is 1. The molecule has 0 aliphatic carbocycles. The van der Waals surface area contributed by atoms with Crippen LogP contribution in [0, 0.1) is 0 Å². The second kappa shape index (κ2) is 6.20. The largest absolute Gasteiger partial charge is 0.478 e. The Morgan fingerprint density at radius 1 is 1.38 bits per heavy atom. The molecule has 2 rings (SSSR count). The third kappa shape index (κ3) is 3.20. The van der Waals surface area contributed by atoms with Gasteiger partial charge in [-0.05, 0) is 25.1 Å². The Labute approximate surface area is 130 Å². The zero-order chi connectivity index (χ0) is 15.6. The number of ether oxygens (including phenoxy) is 1. The Morgan fingerprint density at radius 2 is 2.10 bits per heavy atom. The summed E-state index contributed by atoms with van der Waals surface area (Å²) >= 11 is 12.1. The molecule has 0 bridgehead atoms. The maximum atomic E-state index is 12.0. The topological polar surface area (TPSA) is 79.4 Å². The van der Waals surface area contributed by atoms with Crippen molar-refractivity contribution in [2.45, 2.75) is 6.92 Å². The Kier molecular flexibility index (Phi) is 4.55. The van der Waals surface area contributed by atoms with Crippen LogP contribution in [0.4, 0.5) is 0 Å². The molecule has 0 saturated heterocycles. The summed E-state index contributed by atoms with van der Waals surface area (Å²) in [5.74, 6) is -1.73. The van der Waals surface area contributed by atoms with E-state index in [-0.39, 0.29) is 12.3 Å². The highest BCUT2D eigenvalue weighted by molar-refractivity contribution is 6.39. The van der Waals surface area contributed by atoms with Crippen molar-refractivity contribution >= 4 is 52.1 Å². The van der Waals surface area contributed by atoms with Crippen molar-refractivity contribution in [2.75, 3.05) is 6.61 Å². The van der Waals surface area contributed by atoms with Gasteiger partial charge in [0, 0.05) is 27.6 Å². The van der Waals surface area contributed by atoms with Crippen molar-refractivity contribution in [1.29, 1.82) is 0 Å². The van der Waals surface area contributed by atoms with E-state index >= 15 is 0 Å². The molecular formula is C14H11Cl2NO4. The molecule has 0 aliphatic rings. The molecule has 0 atom stereocenters. The third-order valence-electron chi connectivity index (χ3n) is 2.73. The van der Waals surface area contributed by atoms with Crippen molar-refractivity contribution in [2.24, 2.45) is 0 Å². The number of H-pyrrole nitrogens is 1. The number of fused-ring (bicyclic) bond motifs is 1. The third-order valence-corrected chi connectivity index (χ3v) is 3.24. The summed E-state index contributed by atoms with van der Waals surface area (Å²) in [6.45, 7) is 1.88. The number of hydrogen-bond donors (Lipinski definition) is 2. The van der Waals surface area contributed by atoms with Crippen LogP contribution >= 0.6 is 23.2 Å². The fraction of sp³-hybridized carbons (Fsp3) is 0.143. The summed E-state index contributed by atoms with van der Waals surface area (Å²) in [6, 6.07) is 3.12. The summed E-state index contributed by atoms with van der Waals surface area (Å²) in [6.07, 6.45) is 2.23. The molecule has 0 fully saturated rings. The number of aromatic nitrogens is 1. The van der Waals surface area contributed by atoms with E-state index in [2.05, 4.69) is 4.98 Å². The van der Waals surface area contributed by atoms with Gasteiger partial charge in [-0.2, -0.15) is 0 Å². The van der Waals surface area contributed by atoms with E-state index in [0.717, 1.165) is 6.08 Å². The maximum Gasteiger partial charge on any atom is 0.355 e. The van der Waals surface area contributed by atoms with Crippen LogP contribution in [0.15, 0.2) is 18.2 Å². The number of hydrogen-bond acceptors (Lipinski definition) is 3. The second-order valence-electron chi connectivity index (χ2n) is 4.12. The van der Waals surface area contributed by atoms with E-state index in [4.69, 9.17) is 33.0 Å². The lowest BCUT2D eigenvalue weighted by molar-refractivity contribution is -0.131. The first-order valence-corrected chi connectivity index (χ1v) is 6.78. The molecule has 0 unspecified atom stereocenters. The number of nitrogens with one attached hydrogen (secondary N) is 1. The number of benzene rings is 1. The minimum Gasteiger partial charge on any atom is -0.478 e. The molecule has 2 N–H and O–H groups in total. The van der Waals surface area contributed by atoms with Crippen molar-refractivity contribution in [3.05, 3.63) is 39.5 Å². The fourth-order valence-corrected chi connectivity index (χ4v) is 2.55. The quantitative estimate of drug-likeness (QED) is 0.662. The average Bonchev–Trinajstić information content (AvgIpc) is 2.75. The van der Waals surface area contributed by atoms with Gasteiger partial charge in [0.05, 0.1) is 11.6 Å². The first-order chi connectivity index (χ1) is 9.93. The lowest BCUT2D eigenvalue weighted by Crippen LogP contribution is -2.06. The van der Waals surface area contributed by atoms with Crippen molar-refractivity contribution in [3.8, 4) is 0 Å². The lowest BCUT2D eigenvalue weighted by Gasteiger charge is -2.01. The summed E-state index contributed by atoms with van der Waals surface area (Å²) in [5, 5.41) is 9.99. The molecule has 5 nitrogen and oxygen atoms in total. The van der Waals surface area contributed by atoms with E-state index in [1.54, 1.807) is 13.0 Å². The normalized spacial score (nSPS) is 11.2. The molecule has 0 radical (unpaired) electrons. The Morgan fingerprint density at radius 3 is 2.71 bits per heavy atom. The first-order valence-electron chi connectivity index (χ1n) is 6.03. The number of halogens is 2. The SMILES string of the molecule is CCOC(=O)c1[nH]c2cc(Cl)cc(Cl)c2c1/C=C\C(=O)O.